The summed E-state index contributed by atoms with van der Waals surface area (Å²) < 4.78 is 1.16. The first-order valence-corrected chi connectivity index (χ1v) is 7.84. The monoisotopic (exact) mass is 358 g/mol. The summed E-state index contributed by atoms with van der Waals surface area (Å²) in [6.07, 6.45) is 8.92. The van der Waals surface area contributed by atoms with Crippen LogP contribution >= 0.6 is 22.6 Å². The van der Waals surface area contributed by atoms with Crippen molar-refractivity contribution in [2.24, 2.45) is 5.92 Å². The first-order chi connectivity index (χ1) is 8.83. The lowest BCUT2D eigenvalue weighted by Crippen LogP contribution is -2.40. The standard InChI is InChI=1S/C13H19IN4/c14-12-7-15-9-17-13(12)18-5-1-2-10(8-18)6-16-11-3-4-11/h7,9-11,16H,1-6,8H2. The van der Waals surface area contributed by atoms with Crippen LogP contribution in [0.2, 0.25) is 0 Å². The molecule has 1 N–H and O–H groups in total. The zero-order valence-corrected chi connectivity index (χ0v) is 12.6. The topological polar surface area (TPSA) is 41.1 Å². The maximum absolute atomic E-state index is 4.43. The highest BCUT2D eigenvalue weighted by Crippen LogP contribution is 2.25. The smallest absolute Gasteiger partial charge is 0.145 e. The number of halogens is 1. The van der Waals surface area contributed by atoms with E-state index in [9.17, 15) is 0 Å². The normalized spacial score (nSPS) is 24.3. The maximum atomic E-state index is 4.43. The van der Waals surface area contributed by atoms with E-state index >= 15 is 0 Å². The second kappa shape index (κ2) is 5.69. The minimum Gasteiger partial charge on any atom is -0.355 e. The summed E-state index contributed by atoms with van der Waals surface area (Å²) >= 11 is 2.33. The Morgan fingerprint density at radius 2 is 2.28 bits per heavy atom. The number of rotatable bonds is 4. The zero-order chi connectivity index (χ0) is 12.4. The zero-order valence-electron chi connectivity index (χ0n) is 10.5. The number of aromatic nitrogens is 2. The highest BCUT2D eigenvalue weighted by Gasteiger charge is 2.25. The van der Waals surface area contributed by atoms with Crippen molar-refractivity contribution in [3.05, 3.63) is 16.1 Å². The van der Waals surface area contributed by atoms with Gasteiger partial charge in [0.15, 0.2) is 0 Å². The second-order valence-electron chi connectivity index (χ2n) is 5.33. The molecular weight excluding hydrogens is 339 g/mol. The molecule has 1 saturated heterocycles. The Bertz CT molecular complexity index is 408. The van der Waals surface area contributed by atoms with Gasteiger partial charge in [-0.3, -0.25) is 0 Å². The number of hydrogen-bond acceptors (Lipinski definition) is 4. The third kappa shape index (κ3) is 3.12. The molecule has 2 heterocycles. The maximum Gasteiger partial charge on any atom is 0.145 e. The van der Waals surface area contributed by atoms with Crippen molar-refractivity contribution in [3.8, 4) is 0 Å². The average Bonchev–Trinajstić information content (AvgIpc) is 3.21. The largest absolute Gasteiger partial charge is 0.355 e. The van der Waals surface area contributed by atoms with Gasteiger partial charge in [0.2, 0.25) is 0 Å². The Hall–Kier alpha value is -0.430. The van der Waals surface area contributed by atoms with Crippen molar-refractivity contribution in [1.29, 1.82) is 0 Å². The van der Waals surface area contributed by atoms with E-state index in [0.29, 0.717) is 0 Å². The summed E-state index contributed by atoms with van der Waals surface area (Å²) in [6, 6.07) is 0.819. The van der Waals surface area contributed by atoms with Gasteiger partial charge >= 0.3 is 0 Å². The van der Waals surface area contributed by atoms with E-state index in [1.807, 2.05) is 6.20 Å². The summed E-state index contributed by atoms with van der Waals surface area (Å²) in [5.41, 5.74) is 0. The van der Waals surface area contributed by atoms with Crippen LogP contribution in [0.15, 0.2) is 12.5 Å². The number of nitrogens with one attached hydrogen (secondary N) is 1. The molecule has 0 spiro atoms. The Balaban J connectivity index is 1.60. The first kappa shape index (κ1) is 12.6. The molecule has 1 unspecified atom stereocenters. The minimum atomic E-state index is 0.769. The molecule has 2 fully saturated rings. The molecule has 18 heavy (non-hydrogen) atoms. The van der Waals surface area contributed by atoms with Gasteiger partial charge in [-0.15, -0.1) is 0 Å². The van der Waals surface area contributed by atoms with Gasteiger partial charge in [0.25, 0.3) is 0 Å². The molecule has 1 aliphatic heterocycles. The summed E-state index contributed by atoms with van der Waals surface area (Å²) in [6.45, 7) is 3.43. The van der Waals surface area contributed by atoms with Crippen LogP contribution in [0, 0.1) is 9.49 Å². The van der Waals surface area contributed by atoms with Crippen LogP contribution < -0.4 is 10.2 Å². The molecule has 1 atom stereocenters. The van der Waals surface area contributed by atoms with E-state index in [1.54, 1.807) is 6.33 Å². The predicted octanol–water partition coefficient (Wildman–Crippen LogP) is 2.05. The molecule has 0 bridgehead atoms. The van der Waals surface area contributed by atoms with E-state index in [1.165, 1.54) is 32.2 Å². The molecule has 5 heteroatoms. The van der Waals surface area contributed by atoms with Crippen molar-refractivity contribution >= 4 is 28.4 Å². The lowest BCUT2D eigenvalue weighted by Gasteiger charge is -2.34. The van der Waals surface area contributed by atoms with E-state index in [2.05, 4.69) is 42.8 Å². The molecule has 98 valence electrons. The fourth-order valence-electron chi connectivity index (χ4n) is 2.58. The third-order valence-electron chi connectivity index (χ3n) is 3.74. The van der Waals surface area contributed by atoms with Gasteiger partial charge in [-0.1, -0.05) is 0 Å². The molecule has 2 aliphatic rings. The summed E-state index contributed by atoms with van der Waals surface area (Å²) in [5.74, 6) is 1.88. The van der Waals surface area contributed by atoms with Crippen LogP contribution in [0.5, 0.6) is 0 Å². The minimum absolute atomic E-state index is 0.769. The molecule has 3 rings (SSSR count). The van der Waals surface area contributed by atoms with Gasteiger partial charge in [0.05, 0.1) is 3.57 Å². The van der Waals surface area contributed by atoms with Gasteiger partial charge in [-0.05, 0) is 60.7 Å². The Labute approximate surface area is 122 Å². The molecule has 1 saturated carbocycles. The lowest BCUT2D eigenvalue weighted by atomic mass is 9.98. The number of anilines is 1. The quantitative estimate of drug-likeness (QED) is 0.837. The van der Waals surface area contributed by atoms with Crippen molar-refractivity contribution in [3.63, 3.8) is 0 Å². The van der Waals surface area contributed by atoms with E-state index in [-0.39, 0.29) is 0 Å². The number of hydrogen-bond donors (Lipinski definition) is 1. The lowest BCUT2D eigenvalue weighted by molar-refractivity contribution is 0.389. The second-order valence-corrected chi connectivity index (χ2v) is 6.49. The van der Waals surface area contributed by atoms with Crippen LogP contribution in [-0.4, -0.2) is 35.6 Å². The van der Waals surface area contributed by atoms with Crippen molar-refractivity contribution < 1.29 is 0 Å². The van der Waals surface area contributed by atoms with Gasteiger partial charge in [-0.2, -0.15) is 0 Å². The van der Waals surface area contributed by atoms with Gasteiger partial charge in [0, 0.05) is 25.3 Å². The van der Waals surface area contributed by atoms with Gasteiger partial charge in [0.1, 0.15) is 12.1 Å². The Kier molecular flexibility index (Phi) is 3.98. The molecule has 0 amide bonds. The third-order valence-corrected chi connectivity index (χ3v) is 4.50. The highest BCUT2D eigenvalue weighted by molar-refractivity contribution is 14.1. The van der Waals surface area contributed by atoms with Crippen molar-refractivity contribution in [1.82, 2.24) is 15.3 Å². The van der Waals surface area contributed by atoms with Crippen molar-refractivity contribution in [2.45, 2.75) is 31.7 Å². The van der Waals surface area contributed by atoms with E-state index < -0.39 is 0 Å². The molecule has 1 aliphatic carbocycles. The summed E-state index contributed by atoms with van der Waals surface area (Å²) in [5, 5.41) is 3.65. The fourth-order valence-corrected chi connectivity index (χ4v) is 3.22. The van der Waals surface area contributed by atoms with Crippen LogP contribution in [0.3, 0.4) is 0 Å². The first-order valence-electron chi connectivity index (χ1n) is 6.77. The molecule has 1 aromatic heterocycles. The Morgan fingerprint density at radius 1 is 1.39 bits per heavy atom. The van der Waals surface area contributed by atoms with Crippen LogP contribution in [0.4, 0.5) is 5.82 Å². The SMILES string of the molecule is Ic1cncnc1N1CCCC(CNC2CC2)C1. The predicted molar refractivity (Wildman–Crippen MR) is 80.7 cm³/mol. The number of nitrogens with zero attached hydrogens (tertiary/aromatic N) is 3. The van der Waals surface area contributed by atoms with Crippen LogP contribution in [-0.2, 0) is 0 Å². The van der Waals surface area contributed by atoms with Crippen LogP contribution in [0.1, 0.15) is 25.7 Å². The molecule has 1 aromatic rings. The van der Waals surface area contributed by atoms with Crippen LogP contribution in [0.25, 0.3) is 0 Å². The summed E-state index contributed by atoms with van der Waals surface area (Å²) in [4.78, 5) is 10.9. The summed E-state index contributed by atoms with van der Waals surface area (Å²) in [7, 11) is 0. The van der Waals surface area contributed by atoms with E-state index in [4.69, 9.17) is 0 Å². The van der Waals surface area contributed by atoms with E-state index in [0.717, 1.165) is 34.4 Å². The van der Waals surface area contributed by atoms with Gasteiger partial charge in [-0.25, -0.2) is 9.97 Å². The fraction of sp³-hybridized carbons (Fsp3) is 0.692. The Morgan fingerprint density at radius 3 is 3.06 bits per heavy atom. The molecule has 0 radical (unpaired) electrons. The molecule has 4 nitrogen and oxygen atoms in total. The van der Waals surface area contributed by atoms with Gasteiger partial charge < -0.3 is 10.2 Å². The average molecular weight is 358 g/mol. The van der Waals surface area contributed by atoms with Crippen molar-refractivity contribution in [2.75, 3.05) is 24.5 Å². The molecular formula is C13H19IN4. The number of piperidine rings is 1. The molecule has 0 aromatic carbocycles. The highest BCUT2D eigenvalue weighted by atomic mass is 127.